The Labute approximate surface area is 143 Å². The number of aryl methyl sites for hydroxylation is 2. The number of anilines is 1. The molecule has 0 spiro atoms. The lowest BCUT2D eigenvalue weighted by atomic mass is 10.2. The number of nitrogens with zero attached hydrogens (tertiary/aromatic N) is 3. The number of amides is 2. The summed E-state index contributed by atoms with van der Waals surface area (Å²) in [5.41, 5.74) is 1.02. The maximum Gasteiger partial charge on any atom is 0.573 e. The van der Waals surface area contributed by atoms with Crippen LogP contribution in [0.4, 0.5) is 23.7 Å². The predicted molar refractivity (Wildman–Crippen MR) is 86.3 cm³/mol. The molecule has 0 saturated carbocycles. The summed E-state index contributed by atoms with van der Waals surface area (Å²) in [6.45, 7) is 0.447. The van der Waals surface area contributed by atoms with E-state index in [0.29, 0.717) is 13.0 Å². The van der Waals surface area contributed by atoms with E-state index < -0.39 is 18.1 Å². The van der Waals surface area contributed by atoms with Gasteiger partial charge in [0.15, 0.2) is 5.75 Å². The van der Waals surface area contributed by atoms with E-state index in [1.54, 1.807) is 17.9 Å². The Morgan fingerprint density at radius 1 is 1.36 bits per heavy atom. The monoisotopic (exact) mass is 356 g/mol. The maximum atomic E-state index is 12.4. The van der Waals surface area contributed by atoms with Gasteiger partial charge in [-0.2, -0.15) is 5.10 Å². The van der Waals surface area contributed by atoms with Crippen LogP contribution in [0.1, 0.15) is 12.0 Å². The Hall–Kier alpha value is -2.71. The van der Waals surface area contributed by atoms with Crippen LogP contribution in [0.15, 0.2) is 36.7 Å². The zero-order valence-electron chi connectivity index (χ0n) is 13.9. The second-order valence-corrected chi connectivity index (χ2v) is 5.52. The molecule has 0 aliphatic heterocycles. The number of hydrogen-bond acceptors (Lipinski definition) is 3. The topological polar surface area (TPSA) is 59.4 Å². The minimum atomic E-state index is -4.82. The number of aromatic nitrogens is 2. The molecule has 136 valence electrons. The number of benzene rings is 1. The van der Waals surface area contributed by atoms with Gasteiger partial charge in [-0.05, 0) is 30.5 Å². The van der Waals surface area contributed by atoms with E-state index in [2.05, 4.69) is 15.2 Å². The van der Waals surface area contributed by atoms with Gasteiger partial charge in [-0.15, -0.1) is 13.2 Å². The highest BCUT2D eigenvalue weighted by molar-refractivity contribution is 5.90. The maximum absolute atomic E-state index is 12.4. The second kappa shape index (κ2) is 7.91. The fraction of sp³-hybridized carbons (Fsp3) is 0.375. The molecule has 2 amide bonds. The van der Waals surface area contributed by atoms with Crippen LogP contribution in [-0.2, 0) is 13.5 Å². The van der Waals surface area contributed by atoms with Crippen molar-refractivity contribution in [2.75, 3.05) is 18.9 Å². The van der Waals surface area contributed by atoms with E-state index in [4.69, 9.17) is 0 Å². The van der Waals surface area contributed by atoms with Gasteiger partial charge in [-0.3, -0.25) is 4.68 Å². The number of carbonyl (C=O) groups is 1. The van der Waals surface area contributed by atoms with Gasteiger partial charge in [-0.25, -0.2) is 4.79 Å². The average molecular weight is 356 g/mol. The third-order valence-corrected chi connectivity index (χ3v) is 3.42. The molecule has 0 fully saturated rings. The first-order chi connectivity index (χ1) is 11.7. The Bertz CT molecular complexity index is 715. The van der Waals surface area contributed by atoms with Crippen LogP contribution in [-0.4, -0.2) is 40.7 Å². The molecule has 0 aliphatic carbocycles. The number of nitrogens with one attached hydrogen (secondary N) is 1. The third-order valence-electron chi connectivity index (χ3n) is 3.42. The SMILES string of the molecule is CN(CCCc1cnn(C)c1)C(=O)Nc1ccccc1OC(F)(F)F. The van der Waals surface area contributed by atoms with E-state index in [0.717, 1.165) is 18.1 Å². The molecule has 0 unspecified atom stereocenters. The van der Waals surface area contributed by atoms with Crippen molar-refractivity contribution in [1.82, 2.24) is 14.7 Å². The van der Waals surface area contributed by atoms with E-state index in [-0.39, 0.29) is 5.69 Å². The molecule has 0 aliphatic rings. The summed E-state index contributed by atoms with van der Waals surface area (Å²) in [7, 11) is 3.40. The normalized spacial score (nSPS) is 11.2. The van der Waals surface area contributed by atoms with Crippen LogP contribution in [0, 0.1) is 0 Å². The van der Waals surface area contributed by atoms with Crippen molar-refractivity contribution in [2.45, 2.75) is 19.2 Å². The summed E-state index contributed by atoms with van der Waals surface area (Å²) in [6.07, 6.45) is 0.279. The molecule has 6 nitrogen and oxygen atoms in total. The van der Waals surface area contributed by atoms with E-state index >= 15 is 0 Å². The number of carbonyl (C=O) groups excluding carboxylic acids is 1. The molecule has 0 atom stereocenters. The fourth-order valence-electron chi connectivity index (χ4n) is 2.22. The van der Waals surface area contributed by atoms with Crippen molar-refractivity contribution in [1.29, 1.82) is 0 Å². The first-order valence-corrected chi connectivity index (χ1v) is 7.59. The van der Waals surface area contributed by atoms with Crippen molar-refractivity contribution in [3.63, 3.8) is 0 Å². The molecule has 1 aromatic carbocycles. The van der Waals surface area contributed by atoms with Gasteiger partial charge in [0.2, 0.25) is 0 Å². The van der Waals surface area contributed by atoms with Crippen LogP contribution < -0.4 is 10.1 Å². The van der Waals surface area contributed by atoms with E-state index in [9.17, 15) is 18.0 Å². The quantitative estimate of drug-likeness (QED) is 0.863. The van der Waals surface area contributed by atoms with Crippen molar-refractivity contribution >= 4 is 11.7 Å². The highest BCUT2D eigenvalue weighted by atomic mass is 19.4. The standard InChI is InChI=1S/C16H19F3N4O2/c1-22(9-5-6-12-10-20-23(2)11-12)15(24)21-13-7-3-4-8-14(13)25-16(17,18)19/h3-4,7-8,10-11H,5-6,9H2,1-2H3,(H,21,24). The van der Waals surface area contributed by atoms with Crippen molar-refractivity contribution < 1.29 is 22.7 Å². The summed E-state index contributed by atoms with van der Waals surface area (Å²) < 4.78 is 42.8. The largest absolute Gasteiger partial charge is 0.573 e. The number of hydrogen-bond donors (Lipinski definition) is 1. The smallest absolute Gasteiger partial charge is 0.404 e. The summed E-state index contributed by atoms with van der Waals surface area (Å²) in [4.78, 5) is 13.5. The number of halogens is 3. The lowest BCUT2D eigenvalue weighted by Gasteiger charge is -2.19. The zero-order chi connectivity index (χ0) is 18.4. The molecule has 1 aromatic heterocycles. The molecule has 1 N–H and O–H groups in total. The number of urea groups is 1. The van der Waals surface area contributed by atoms with Crippen molar-refractivity contribution in [3.8, 4) is 5.75 Å². The summed E-state index contributed by atoms with van der Waals surface area (Å²) >= 11 is 0. The first kappa shape index (κ1) is 18.6. The van der Waals surface area contributed by atoms with Crippen molar-refractivity contribution in [2.24, 2.45) is 7.05 Å². The highest BCUT2D eigenvalue weighted by Crippen LogP contribution is 2.30. The van der Waals surface area contributed by atoms with Crippen LogP contribution in [0.2, 0.25) is 0 Å². The molecular formula is C16H19F3N4O2. The van der Waals surface area contributed by atoms with Gasteiger partial charge in [0.05, 0.1) is 11.9 Å². The molecule has 0 radical (unpaired) electrons. The van der Waals surface area contributed by atoms with E-state index in [1.165, 1.54) is 23.1 Å². The van der Waals surface area contributed by atoms with Gasteiger partial charge < -0.3 is 15.0 Å². The predicted octanol–water partition coefficient (Wildman–Crippen LogP) is 3.42. The molecule has 2 aromatic rings. The second-order valence-electron chi connectivity index (χ2n) is 5.52. The Morgan fingerprint density at radius 2 is 2.08 bits per heavy atom. The molecule has 0 bridgehead atoms. The lowest BCUT2D eigenvalue weighted by Crippen LogP contribution is -2.32. The summed E-state index contributed by atoms with van der Waals surface area (Å²) in [5.74, 6) is -0.452. The molecule has 25 heavy (non-hydrogen) atoms. The highest BCUT2D eigenvalue weighted by Gasteiger charge is 2.32. The van der Waals surface area contributed by atoms with Gasteiger partial charge in [0, 0.05) is 26.8 Å². The van der Waals surface area contributed by atoms with Crippen molar-refractivity contribution in [3.05, 3.63) is 42.2 Å². The third kappa shape index (κ3) is 6.02. The summed E-state index contributed by atoms with van der Waals surface area (Å²) in [6, 6.07) is 4.90. The molecule has 2 rings (SSSR count). The van der Waals surface area contributed by atoms with Gasteiger partial charge >= 0.3 is 12.4 Å². The minimum absolute atomic E-state index is 0.0380. The fourth-order valence-corrected chi connectivity index (χ4v) is 2.22. The molecule has 1 heterocycles. The summed E-state index contributed by atoms with van der Waals surface area (Å²) in [5, 5.41) is 6.49. The number of ether oxygens (including phenoxy) is 1. The Morgan fingerprint density at radius 3 is 2.72 bits per heavy atom. The van der Waals surface area contributed by atoms with Crippen LogP contribution in [0.5, 0.6) is 5.75 Å². The Kier molecular flexibility index (Phi) is 5.89. The average Bonchev–Trinajstić information content (AvgIpc) is 2.93. The number of para-hydroxylation sites is 2. The van der Waals surface area contributed by atoms with Gasteiger partial charge in [-0.1, -0.05) is 12.1 Å². The molecule has 0 saturated heterocycles. The minimum Gasteiger partial charge on any atom is -0.404 e. The number of rotatable bonds is 6. The first-order valence-electron chi connectivity index (χ1n) is 7.59. The van der Waals surface area contributed by atoms with Gasteiger partial charge in [0.25, 0.3) is 0 Å². The zero-order valence-corrected chi connectivity index (χ0v) is 13.9. The number of alkyl halides is 3. The van der Waals surface area contributed by atoms with Gasteiger partial charge in [0.1, 0.15) is 0 Å². The van der Waals surface area contributed by atoms with Crippen LogP contribution >= 0.6 is 0 Å². The molecule has 9 heteroatoms. The lowest BCUT2D eigenvalue weighted by molar-refractivity contribution is -0.274. The van der Waals surface area contributed by atoms with E-state index in [1.807, 2.05) is 13.2 Å². The Balaban J connectivity index is 1.88. The molecular weight excluding hydrogens is 337 g/mol. The van der Waals surface area contributed by atoms with Crippen LogP contribution in [0.25, 0.3) is 0 Å². The van der Waals surface area contributed by atoms with Crippen LogP contribution in [0.3, 0.4) is 0 Å².